The highest BCUT2D eigenvalue weighted by molar-refractivity contribution is 5.70. The number of carboxylic acids is 1. The molecule has 0 amide bonds. The zero-order valence-electron chi connectivity index (χ0n) is 44.3. The van der Waals surface area contributed by atoms with Crippen LogP contribution in [0.25, 0.3) is 0 Å². The van der Waals surface area contributed by atoms with E-state index in [9.17, 15) is 19.5 Å². The maximum Gasteiger partial charge on any atom is 0.306 e. The second-order valence-electron chi connectivity index (χ2n) is 19.9. The van der Waals surface area contributed by atoms with Gasteiger partial charge in [-0.25, -0.2) is 0 Å². The van der Waals surface area contributed by atoms with Crippen molar-refractivity contribution in [3.05, 3.63) is 48.6 Å². The average Bonchev–Trinajstić information content (AvgIpc) is 3.29. The molecule has 9 heteroatoms. The highest BCUT2D eigenvalue weighted by Gasteiger charge is 2.22. The molecule has 2 unspecified atom stereocenters. The molecule has 0 radical (unpaired) electrons. The number of hydrogen-bond donors (Lipinski definition) is 0. The van der Waals surface area contributed by atoms with Crippen LogP contribution in [-0.4, -0.2) is 82.3 Å². The van der Waals surface area contributed by atoms with Crippen molar-refractivity contribution in [1.82, 2.24) is 0 Å². The number of aliphatic carboxylic acids is 1. The van der Waals surface area contributed by atoms with E-state index in [0.29, 0.717) is 23.9 Å². The normalized spacial score (nSPS) is 13.1. The standard InChI is InChI=1S/C58H105NO8/c1-6-8-10-12-14-16-18-20-22-24-26-27-28-29-31-32-34-36-38-40-42-44-46-48-55(60)65-52-54(53-66-58(57(62)63)64-51-50-59(3,4)5)67-56(61)49-47-45-43-41-39-37-35-33-30-25-23-21-19-17-15-13-11-9-7-2/h9,11,15,17,21,23,30,33,54,58H,6-8,10,12-14,16,18-20,22,24-29,31-32,34-53H2,1-5H3/b11-9-,17-15-,23-21-,33-30-. The number of carbonyl (C=O) groups excluding carboxylic acids is 3. The average molecular weight is 944 g/mol. The summed E-state index contributed by atoms with van der Waals surface area (Å²) >= 11 is 0. The second-order valence-corrected chi connectivity index (χ2v) is 19.9. The summed E-state index contributed by atoms with van der Waals surface area (Å²) in [6, 6.07) is 0. The van der Waals surface area contributed by atoms with Gasteiger partial charge in [-0.15, -0.1) is 0 Å². The lowest BCUT2D eigenvalue weighted by Crippen LogP contribution is -2.44. The number of carboxylic acid groups (broad SMARTS) is 1. The summed E-state index contributed by atoms with van der Waals surface area (Å²) in [5.74, 6) is -2.29. The van der Waals surface area contributed by atoms with E-state index in [1.165, 1.54) is 128 Å². The van der Waals surface area contributed by atoms with Crippen molar-refractivity contribution < 1.29 is 42.9 Å². The molecule has 0 saturated carbocycles. The van der Waals surface area contributed by atoms with Gasteiger partial charge >= 0.3 is 11.9 Å². The van der Waals surface area contributed by atoms with Crippen LogP contribution in [0.3, 0.4) is 0 Å². The Morgan fingerprint density at radius 1 is 0.463 bits per heavy atom. The summed E-state index contributed by atoms with van der Waals surface area (Å²) in [6.07, 6.45) is 57.2. The van der Waals surface area contributed by atoms with Gasteiger partial charge in [-0.3, -0.25) is 9.59 Å². The van der Waals surface area contributed by atoms with Crippen molar-refractivity contribution in [3.8, 4) is 0 Å². The van der Waals surface area contributed by atoms with Gasteiger partial charge in [0.2, 0.25) is 0 Å². The van der Waals surface area contributed by atoms with E-state index >= 15 is 0 Å². The number of hydrogen-bond acceptors (Lipinski definition) is 8. The molecule has 0 bridgehead atoms. The van der Waals surface area contributed by atoms with Gasteiger partial charge in [0.1, 0.15) is 13.2 Å². The third-order valence-corrected chi connectivity index (χ3v) is 12.1. The molecule has 0 aliphatic rings. The molecule has 0 aromatic heterocycles. The predicted octanol–water partition coefficient (Wildman–Crippen LogP) is 14.6. The first-order valence-electron chi connectivity index (χ1n) is 27.8. The Morgan fingerprint density at radius 2 is 0.851 bits per heavy atom. The van der Waals surface area contributed by atoms with Crippen LogP contribution in [0.5, 0.6) is 0 Å². The molecule has 0 aliphatic carbocycles. The lowest BCUT2D eigenvalue weighted by Gasteiger charge is -2.26. The first-order chi connectivity index (χ1) is 32.6. The highest BCUT2D eigenvalue weighted by Crippen LogP contribution is 2.17. The van der Waals surface area contributed by atoms with Gasteiger partial charge in [0.05, 0.1) is 40.3 Å². The van der Waals surface area contributed by atoms with Gasteiger partial charge in [-0.2, -0.15) is 0 Å². The Balaban J connectivity index is 4.27. The Morgan fingerprint density at radius 3 is 1.27 bits per heavy atom. The molecule has 0 N–H and O–H groups in total. The third-order valence-electron chi connectivity index (χ3n) is 12.1. The summed E-state index contributed by atoms with van der Waals surface area (Å²) in [5.41, 5.74) is 0. The zero-order chi connectivity index (χ0) is 49.2. The molecule has 0 aliphatic heterocycles. The number of unbranched alkanes of at least 4 members (excludes halogenated alkanes) is 28. The molecular formula is C58H105NO8. The molecule has 0 fully saturated rings. The summed E-state index contributed by atoms with van der Waals surface area (Å²) in [4.78, 5) is 37.2. The predicted molar refractivity (Wildman–Crippen MR) is 279 cm³/mol. The molecule has 9 nitrogen and oxygen atoms in total. The van der Waals surface area contributed by atoms with Gasteiger partial charge in [0.25, 0.3) is 0 Å². The molecule has 0 spiro atoms. The van der Waals surface area contributed by atoms with Crippen molar-refractivity contribution in [1.29, 1.82) is 0 Å². The SMILES string of the molecule is CC/C=C\C/C=C\C/C=C\C/C=C\CCCCCCCCC(=O)OC(COC(=O)CCCCCCCCCCCCCCCCCCCCCCCCC)COC(OCC[N+](C)(C)C)C(=O)[O-]. The van der Waals surface area contributed by atoms with E-state index in [-0.39, 0.29) is 32.2 Å². The minimum Gasteiger partial charge on any atom is -0.545 e. The number of nitrogens with zero attached hydrogens (tertiary/aromatic N) is 1. The number of rotatable bonds is 51. The van der Waals surface area contributed by atoms with E-state index in [1.807, 2.05) is 21.1 Å². The maximum atomic E-state index is 12.8. The van der Waals surface area contributed by atoms with Crippen molar-refractivity contribution in [2.75, 3.05) is 47.5 Å². The molecule has 67 heavy (non-hydrogen) atoms. The summed E-state index contributed by atoms with van der Waals surface area (Å²) in [6.45, 7) is 4.64. The number of allylic oxidation sites excluding steroid dienone is 8. The Labute approximate surface area is 412 Å². The highest BCUT2D eigenvalue weighted by atomic mass is 16.7. The third kappa shape index (κ3) is 50.9. The van der Waals surface area contributed by atoms with Crippen LogP contribution < -0.4 is 5.11 Å². The Bertz CT molecular complexity index is 1240. The van der Waals surface area contributed by atoms with E-state index in [2.05, 4.69) is 62.5 Å². The molecule has 2 atom stereocenters. The smallest absolute Gasteiger partial charge is 0.306 e. The fourth-order valence-corrected chi connectivity index (χ4v) is 7.82. The first-order valence-corrected chi connectivity index (χ1v) is 27.8. The van der Waals surface area contributed by atoms with Gasteiger partial charge in [-0.05, 0) is 51.4 Å². The largest absolute Gasteiger partial charge is 0.545 e. The van der Waals surface area contributed by atoms with Gasteiger partial charge < -0.3 is 33.3 Å². The van der Waals surface area contributed by atoms with Crippen LogP contribution in [0.4, 0.5) is 0 Å². The molecule has 0 rings (SSSR count). The van der Waals surface area contributed by atoms with E-state index < -0.39 is 24.3 Å². The van der Waals surface area contributed by atoms with Crippen molar-refractivity contribution >= 4 is 17.9 Å². The minimum absolute atomic E-state index is 0.144. The number of likely N-dealkylation sites (N-methyl/N-ethyl adjacent to an activating group) is 1. The topological polar surface area (TPSA) is 111 Å². The van der Waals surface area contributed by atoms with Crippen LogP contribution >= 0.6 is 0 Å². The lowest BCUT2D eigenvalue weighted by molar-refractivity contribution is -0.870. The Kier molecular flexibility index (Phi) is 47.6. The van der Waals surface area contributed by atoms with Gasteiger partial charge in [0.15, 0.2) is 12.4 Å². The van der Waals surface area contributed by atoms with Crippen molar-refractivity contribution in [2.24, 2.45) is 0 Å². The zero-order valence-corrected chi connectivity index (χ0v) is 44.3. The van der Waals surface area contributed by atoms with Crippen LogP contribution in [0.15, 0.2) is 48.6 Å². The van der Waals surface area contributed by atoms with E-state index in [1.54, 1.807) is 0 Å². The fraction of sp³-hybridized carbons (Fsp3) is 0.810. The number of quaternary nitrogens is 1. The fourth-order valence-electron chi connectivity index (χ4n) is 7.82. The molecule has 0 heterocycles. The minimum atomic E-state index is -1.62. The quantitative estimate of drug-likeness (QED) is 0.0195. The number of ether oxygens (including phenoxy) is 4. The second kappa shape index (κ2) is 49.7. The Hall–Kier alpha value is -2.75. The molecule has 0 saturated heterocycles. The number of carbonyl (C=O) groups is 3. The van der Waals surface area contributed by atoms with Gasteiger partial charge in [-0.1, -0.05) is 229 Å². The molecular weight excluding hydrogens is 839 g/mol. The number of esters is 2. The van der Waals surface area contributed by atoms with Crippen molar-refractivity contribution in [2.45, 2.75) is 257 Å². The van der Waals surface area contributed by atoms with Crippen LogP contribution in [0.2, 0.25) is 0 Å². The van der Waals surface area contributed by atoms with Crippen LogP contribution in [0.1, 0.15) is 245 Å². The molecule has 390 valence electrons. The van der Waals surface area contributed by atoms with E-state index in [0.717, 1.165) is 83.5 Å². The molecule has 0 aromatic carbocycles. The summed E-state index contributed by atoms with van der Waals surface area (Å²) in [7, 11) is 5.92. The lowest BCUT2D eigenvalue weighted by atomic mass is 10.0. The van der Waals surface area contributed by atoms with E-state index in [4.69, 9.17) is 18.9 Å². The summed E-state index contributed by atoms with van der Waals surface area (Å²) in [5, 5.41) is 11.8. The van der Waals surface area contributed by atoms with Crippen LogP contribution in [-0.2, 0) is 33.3 Å². The van der Waals surface area contributed by atoms with Gasteiger partial charge in [0, 0.05) is 12.8 Å². The molecule has 0 aromatic rings. The monoisotopic (exact) mass is 944 g/mol. The van der Waals surface area contributed by atoms with Crippen molar-refractivity contribution in [3.63, 3.8) is 0 Å². The van der Waals surface area contributed by atoms with Crippen LogP contribution in [0, 0.1) is 0 Å². The first kappa shape index (κ1) is 64.2. The maximum absolute atomic E-state index is 12.8. The summed E-state index contributed by atoms with van der Waals surface area (Å²) < 4.78 is 22.7.